The second kappa shape index (κ2) is 8.60. The van der Waals surface area contributed by atoms with Gasteiger partial charge >= 0.3 is 5.97 Å². The van der Waals surface area contributed by atoms with E-state index in [1.807, 2.05) is 0 Å². The van der Waals surface area contributed by atoms with Gasteiger partial charge in [0, 0.05) is 20.2 Å². The first kappa shape index (κ1) is 17.4. The Morgan fingerprint density at radius 2 is 2.20 bits per heavy atom. The molecule has 20 heavy (non-hydrogen) atoms. The Balaban J connectivity index is 2.43. The first-order valence-corrected chi connectivity index (χ1v) is 7.63. The molecule has 1 aliphatic heterocycles. The standard InChI is InChI=1S/C15H30N2O3/c1-5-9-16-13(14(18)19-3)7-11-17-10-6-8-15(2,12-17)20-4/h13,16H,5-12H2,1-4H3. The average Bonchev–Trinajstić information content (AvgIpc) is 2.47. The molecule has 1 aliphatic rings. The molecule has 2 atom stereocenters. The van der Waals surface area contributed by atoms with Crippen LogP contribution < -0.4 is 5.32 Å². The number of nitrogens with zero attached hydrogens (tertiary/aromatic N) is 1. The van der Waals surface area contributed by atoms with E-state index in [2.05, 4.69) is 24.1 Å². The van der Waals surface area contributed by atoms with Crippen molar-refractivity contribution in [1.82, 2.24) is 10.2 Å². The fraction of sp³-hybridized carbons (Fsp3) is 0.933. The Hall–Kier alpha value is -0.650. The summed E-state index contributed by atoms with van der Waals surface area (Å²) in [6.07, 6.45) is 4.05. The third-order valence-electron chi connectivity index (χ3n) is 4.09. The molecule has 1 heterocycles. The number of methoxy groups -OCH3 is 2. The highest BCUT2D eigenvalue weighted by Gasteiger charge is 2.31. The number of ether oxygens (including phenoxy) is 2. The molecule has 1 rings (SSSR count). The van der Waals surface area contributed by atoms with Crippen molar-refractivity contribution in [3.8, 4) is 0 Å². The molecular weight excluding hydrogens is 256 g/mol. The van der Waals surface area contributed by atoms with Crippen molar-refractivity contribution in [2.75, 3.05) is 40.4 Å². The van der Waals surface area contributed by atoms with Crippen LogP contribution in [0.5, 0.6) is 0 Å². The average molecular weight is 286 g/mol. The number of hydrogen-bond donors (Lipinski definition) is 1. The van der Waals surface area contributed by atoms with E-state index in [1.54, 1.807) is 7.11 Å². The van der Waals surface area contributed by atoms with Gasteiger partial charge in [-0.25, -0.2) is 0 Å². The van der Waals surface area contributed by atoms with E-state index >= 15 is 0 Å². The van der Waals surface area contributed by atoms with Crippen LogP contribution in [0.3, 0.4) is 0 Å². The van der Waals surface area contributed by atoms with Gasteiger partial charge in [0.15, 0.2) is 0 Å². The van der Waals surface area contributed by atoms with E-state index in [1.165, 1.54) is 7.11 Å². The van der Waals surface area contributed by atoms with Gasteiger partial charge in [0.25, 0.3) is 0 Å². The highest BCUT2D eigenvalue weighted by molar-refractivity contribution is 5.75. The molecule has 0 amide bonds. The van der Waals surface area contributed by atoms with E-state index in [0.29, 0.717) is 0 Å². The molecule has 0 bridgehead atoms. The zero-order valence-corrected chi connectivity index (χ0v) is 13.4. The summed E-state index contributed by atoms with van der Waals surface area (Å²) in [7, 11) is 3.23. The normalized spacial score (nSPS) is 25.4. The Kier molecular flexibility index (Phi) is 7.48. The minimum absolute atomic E-state index is 0.0458. The SMILES string of the molecule is CCCNC(CCN1CCCC(C)(OC)C1)C(=O)OC. The third-order valence-corrected chi connectivity index (χ3v) is 4.09. The van der Waals surface area contributed by atoms with Crippen LogP contribution >= 0.6 is 0 Å². The number of carbonyl (C=O) groups is 1. The first-order chi connectivity index (χ1) is 9.54. The highest BCUT2D eigenvalue weighted by atomic mass is 16.5. The van der Waals surface area contributed by atoms with Crippen molar-refractivity contribution in [3.05, 3.63) is 0 Å². The lowest BCUT2D eigenvalue weighted by Gasteiger charge is -2.39. The van der Waals surface area contributed by atoms with Crippen LogP contribution in [0.1, 0.15) is 39.5 Å². The van der Waals surface area contributed by atoms with Crippen molar-refractivity contribution in [2.45, 2.75) is 51.2 Å². The maximum Gasteiger partial charge on any atom is 0.322 e. The van der Waals surface area contributed by atoms with Gasteiger partial charge in [0.05, 0.1) is 12.7 Å². The van der Waals surface area contributed by atoms with Gasteiger partial charge in [-0.05, 0) is 45.7 Å². The summed E-state index contributed by atoms with van der Waals surface area (Å²) in [5.74, 6) is -0.162. The summed E-state index contributed by atoms with van der Waals surface area (Å²) in [4.78, 5) is 14.1. The zero-order chi connectivity index (χ0) is 15.0. The van der Waals surface area contributed by atoms with Crippen LogP contribution in [0.15, 0.2) is 0 Å². The van der Waals surface area contributed by atoms with Crippen LogP contribution in [0.25, 0.3) is 0 Å². The monoisotopic (exact) mass is 286 g/mol. The Bertz CT molecular complexity index is 299. The van der Waals surface area contributed by atoms with E-state index in [9.17, 15) is 4.79 Å². The number of rotatable bonds is 8. The minimum atomic E-state index is -0.198. The van der Waals surface area contributed by atoms with Crippen LogP contribution in [0.2, 0.25) is 0 Å². The summed E-state index contributed by atoms with van der Waals surface area (Å²) < 4.78 is 10.5. The van der Waals surface area contributed by atoms with Gasteiger partial charge in [0.1, 0.15) is 6.04 Å². The molecule has 118 valence electrons. The number of nitrogens with one attached hydrogen (secondary N) is 1. The van der Waals surface area contributed by atoms with Gasteiger partial charge in [-0.1, -0.05) is 6.92 Å². The smallest absolute Gasteiger partial charge is 0.322 e. The molecule has 2 unspecified atom stereocenters. The molecule has 0 aliphatic carbocycles. The molecule has 0 aromatic carbocycles. The molecule has 5 heteroatoms. The molecule has 1 N–H and O–H groups in total. The maximum absolute atomic E-state index is 11.7. The molecule has 0 radical (unpaired) electrons. The lowest BCUT2D eigenvalue weighted by molar-refractivity contribution is -0.143. The second-order valence-corrected chi connectivity index (χ2v) is 5.85. The fourth-order valence-electron chi connectivity index (χ4n) is 2.74. The summed E-state index contributed by atoms with van der Waals surface area (Å²) in [6.45, 7) is 8.01. The van der Waals surface area contributed by atoms with E-state index in [0.717, 1.165) is 51.9 Å². The predicted octanol–water partition coefficient (Wildman–Crippen LogP) is 1.42. The summed E-state index contributed by atoms with van der Waals surface area (Å²) >= 11 is 0. The third kappa shape index (κ3) is 5.38. The molecule has 1 fully saturated rings. The summed E-state index contributed by atoms with van der Waals surface area (Å²) in [6, 6.07) is -0.198. The summed E-state index contributed by atoms with van der Waals surface area (Å²) in [5, 5.41) is 3.26. The van der Waals surface area contributed by atoms with Crippen molar-refractivity contribution in [2.24, 2.45) is 0 Å². The Labute approximate surface area is 123 Å². The van der Waals surface area contributed by atoms with E-state index in [-0.39, 0.29) is 17.6 Å². The van der Waals surface area contributed by atoms with Gasteiger partial charge < -0.3 is 19.7 Å². The molecule has 0 aromatic heterocycles. The second-order valence-electron chi connectivity index (χ2n) is 5.85. The largest absolute Gasteiger partial charge is 0.468 e. The molecule has 5 nitrogen and oxygen atoms in total. The van der Waals surface area contributed by atoms with Crippen molar-refractivity contribution < 1.29 is 14.3 Å². The van der Waals surface area contributed by atoms with Crippen LogP contribution in [-0.4, -0.2) is 62.9 Å². The van der Waals surface area contributed by atoms with Crippen molar-refractivity contribution >= 4 is 5.97 Å². The highest BCUT2D eigenvalue weighted by Crippen LogP contribution is 2.23. The Morgan fingerprint density at radius 1 is 1.45 bits per heavy atom. The van der Waals surface area contributed by atoms with Gasteiger partial charge in [-0.2, -0.15) is 0 Å². The number of carbonyl (C=O) groups excluding carboxylic acids is 1. The van der Waals surface area contributed by atoms with Gasteiger partial charge in [-0.15, -0.1) is 0 Å². The van der Waals surface area contributed by atoms with Crippen LogP contribution in [0, 0.1) is 0 Å². The lowest BCUT2D eigenvalue weighted by atomic mass is 9.94. The fourth-order valence-corrected chi connectivity index (χ4v) is 2.74. The summed E-state index contributed by atoms with van der Waals surface area (Å²) in [5.41, 5.74) is -0.0458. The number of hydrogen-bond acceptors (Lipinski definition) is 5. The molecule has 0 spiro atoms. The number of likely N-dealkylation sites (tertiary alicyclic amines) is 1. The Morgan fingerprint density at radius 3 is 2.80 bits per heavy atom. The topological polar surface area (TPSA) is 50.8 Å². The van der Waals surface area contributed by atoms with Gasteiger partial charge in [0.2, 0.25) is 0 Å². The number of piperidine rings is 1. The zero-order valence-electron chi connectivity index (χ0n) is 13.4. The lowest BCUT2D eigenvalue weighted by Crippen LogP contribution is -2.49. The quantitative estimate of drug-likeness (QED) is 0.684. The molecule has 1 saturated heterocycles. The molecular formula is C15H30N2O3. The molecule has 0 aromatic rings. The maximum atomic E-state index is 11.7. The van der Waals surface area contributed by atoms with Crippen LogP contribution in [0.4, 0.5) is 0 Å². The first-order valence-electron chi connectivity index (χ1n) is 7.63. The van der Waals surface area contributed by atoms with Crippen LogP contribution in [-0.2, 0) is 14.3 Å². The number of esters is 1. The van der Waals surface area contributed by atoms with E-state index in [4.69, 9.17) is 9.47 Å². The molecule has 0 saturated carbocycles. The van der Waals surface area contributed by atoms with Gasteiger partial charge in [-0.3, -0.25) is 4.79 Å². The van der Waals surface area contributed by atoms with Crippen molar-refractivity contribution in [1.29, 1.82) is 0 Å². The van der Waals surface area contributed by atoms with E-state index < -0.39 is 0 Å². The minimum Gasteiger partial charge on any atom is -0.468 e. The predicted molar refractivity (Wildman–Crippen MR) is 79.8 cm³/mol. The van der Waals surface area contributed by atoms with Crippen molar-refractivity contribution in [3.63, 3.8) is 0 Å².